The van der Waals surface area contributed by atoms with Gasteiger partial charge in [0.15, 0.2) is 5.16 Å². The number of amides is 1. The van der Waals surface area contributed by atoms with Crippen LogP contribution in [-0.4, -0.2) is 36.6 Å². The standard InChI is InChI=1S/C22H22N4O3S2/c1-3-15-9-5-7-11-17(15)24-20(27)14-30-22-23-13-19-21(25-22)16-10-6-8-12-18(16)26(4-2)31(19,28)29/h5-13H,3-4,14H2,1-2H3,(H,24,27). The number of hydrogen-bond acceptors (Lipinski definition) is 6. The Bertz CT molecular complexity index is 1250. The van der Waals surface area contributed by atoms with Crippen LogP contribution < -0.4 is 9.62 Å². The van der Waals surface area contributed by atoms with Crippen molar-refractivity contribution in [1.82, 2.24) is 9.97 Å². The smallest absolute Gasteiger partial charge is 0.268 e. The van der Waals surface area contributed by atoms with E-state index in [0.717, 1.165) is 23.2 Å². The molecular formula is C22H22N4O3S2. The molecule has 0 atom stereocenters. The van der Waals surface area contributed by atoms with Gasteiger partial charge in [0.1, 0.15) is 4.90 Å². The van der Waals surface area contributed by atoms with Crippen LogP contribution in [0.15, 0.2) is 64.8 Å². The summed E-state index contributed by atoms with van der Waals surface area (Å²) in [5, 5.41) is 3.27. The summed E-state index contributed by atoms with van der Waals surface area (Å²) < 4.78 is 27.4. The van der Waals surface area contributed by atoms with Crippen LogP contribution in [0.25, 0.3) is 11.3 Å². The van der Waals surface area contributed by atoms with Crippen molar-refractivity contribution in [1.29, 1.82) is 0 Å². The number of benzene rings is 2. The van der Waals surface area contributed by atoms with Gasteiger partial charge in [-0.3, -0.25) is 9.10 Å². The Morgan fingerprint density at radius 1 is 1.10 bits per heavy atom. The number of para-hydroxylation sites is 2. The Morgan fingerprint density at radius 3 is 2.61 bits per heavy atom. The third-order valence-corrected chi connectivity index (χ3v) is 7.77. The van der Waals surface area contributed by atoms with Crippen molar-refractivity contribution in [3.63, 3.8) is 0 Å². The summed E-state index contributed by atoms with van der Waals surface area (Å²) in [5.41, 5.74) is 3.56. The summed E-state index contributed by atoms with van der Waals surface area (Å²) in [6.07, 6.45) is 2.16. The number of fused-ring (bicyclic) bond motifs is 3. The van der Waals surface area contributed by atoms with Gasteiger partial charge in [-0.05, 0) is 31.0 Å². The van der Waals surface area contributed by atoms with Crippen LogP contribution in [0.2, 0.25) is 0 Å². The van der Waals surface area contributed by atoms with Gasteiger partial charge in [-0.15, -0.1) is 0 Å². The Hall–Kier alpha value is -2.91. The van der Waals surface area contributed by atoms with Crippen molar-refractivity contribution in [3.8, 4) is 11.3 Å². The van der Waals surface area contributed by atoms with Gasteiger partial charge in [0.25, 0.3) is 10.0 Å². The summed E-state index contributed by atoms with van der Waals surface area (Å²) in [4.78, 5) is 21.2. The molecule has 1 aliphatic heterocycles. The summed E-state index contributed by atoms with van der Waals surface area (Å²) in [5.74, 6) is -0.0517. The van der Waals surface area contributed by atoms with E-state index in [-0.39, 0.29) is 16.6 Å². The molecule has 31 heavy (non-hydrogen) atoms. The molecule has 4 rings (SSSR count). The molecule has 0 aliphatic carbocycles. The maximum absolute atomic E-state index is 13.0. The zero-order valence-electron chi connectivity index (χ0n) is 17.2. The SMILES string of the molecule is CCc1ccccc1NC(=O)CSc1ncc2c(n1)-c1ccccc1N(CC)S2(=O)=O. The van der Waals surface area contributed by atoms with Crippen molar-refractivity contribution in [2.24, 2.45) is 0 Å². The van der Waals surface area contributed by atoms with Gasteiger partial charge in [-0.25, -0.2) is 18.4 Å². The molecule has 0 unspecified atom stereocenters. The molecule has 7 nitrogen and oxygen atoms in total. The van der Waals surface area contributed by atoms with Crippen molar-refractivity contribution in [3.05, 3.63) is 60.3 Å². The van der Waals surface area contributed by atoms with Gasteiger partial charge in [0.05, 0.1) is 23.3 Å². The van der Waals surface area contributed by atoms with Crippen molar-refractivity contribution in [2.45, 2.75) is 30.3 Å². The van der Waals surface area contributed by atoms with Crippen LogP contribution in [0.3, 0.4) is 0 Å². The molecule has 2 aromatic carbocycles. The summed E-state index contributed by atoms with van der Waals surface area (Å²) in [6.45, 7) is 4.14. The first-order valence-corrected chi connectivity index (χ1v) is 12.4. The molecule has 3 aromatic rings. The minimum atomic E-state index is -3.72. The van der Waals surface area contributed by atoms with Gasteiger partial charge < -0.3 is 5.32 Å². The molecule has 0 spiro atoms. The number of aryl methyl sites for hydroxylation is 1. The monoisotopic (exact) mass is 454 g/mol. The number of carbonyl (C=O) groups is 1. The second-order valence-electron chi connectivity index (χ2n) is 6.90. The highest BCUT2D eigenvalue weighted by Gasteiger charge is 2.35. The molecule has 1 aromatic heterocycles. The van der Waals surface area contributed by atoms with E-state index in [0.29, 0.717) is 23.1 Å². The van der Waals surface area contributed by atoms with E-state index >= 15 is 0 Å². The zero-order chi connectivity index (χ0) is 22.0. The maximum atomic E-state index is 13.0. The Kier molecular flexibility index (Phi) is 5.97. The first-order valence-electron chi connectivity index (χ1n) is 9.95. The lowest BCUT2D eigenvalue weighted by Crippen LogP contribution is -2.34. The average molecular weight is 455 g/mol. The molecule has 9 heteroatoms. The van der Waals surface area contributed by atoms with Crippen LogP contribution in [0.1, 0.15) is 19.4 Å². The van der Waals surface area contributed by atoms with E-state index in [1.54, 1.807) is 19.1 Å². The summed E-state index contributed by atoms with van der Waals surface area (Å²) in [7, 11) is -3.72. The number of thioether (sulfide) groups is 1. The highest BCUT2D eigenvalue weighted by Crippen LogP contribution is 2.41. The van der Waals surface area contributed by atoms with Crippen LogP contribution in [0, 0.1) is 0 Å². The van der Waals surface area contributed by atoms with Gasteiger partial charge in [-0.1, -0.05) is 55.1 Å². The Labute approximate surface area is 186 Å². The maximum Gasteiger partial charge on any atom is 0.268 e. The van der Waals surface area contributed by atoms with E-state index in [9.17, 15) is 13.2 Å². The summed E-state index contributed by atoms with van der Waals surface area (Å²) >= 11 is 1.17. The Morgan fingerprint density at radius 2 is 1.84 bits per heavy atom. The largest absolute Gasteiger partial charge is 0.325 e. The second kappa shape index (κ2) is 8.68. The van der Waals surface area contributed by atoms with E-state index in [1.165, 1.54) is 22.3 Å². The summed E-state index contributed by atoms with van der Waals surface area (Å²) in [6, 6.07) is 14.9. The molecule has 1 aliphatic rings. The molecular weight excluding hydrogens is 432 g/mol. The fourth-order valence-electron chi connectivity index (χ4n) is 3.55. The number of nitrogens with one attached hydrogen (secondary N) is 1. The van der Waals surface area contributed by atoms with Crippen LogP contribution in [0.5, 0.6) is 0 Å². The second-order valence-corrected chi connectivity index (χ2v) is 9.67. The molecule has 2 heterocycles. The van der Waals surface area contributed by atoms with Crippen LogP contribution in [0.4, 0.5) is 11.4 Å². The van der Waals surface area contributed by atoms with E-state index < -0.39 is 10.0 Å². The van der Waals surface area contributed by atoms with Gasteiger partial charge >= 0.3 is 0 Å². The molecule has 160 valence electrons. The third kappa shape index (κ3) is 4.03. The lowest BCUT2D eigenvalue weighted by molar-refractivity contribution is -0.113. The normalized spacial score (nSPS) is 13.9. The fraction of sp³-hybridized carbons (Fsp3) is 0.227. The Balaban J connectivity index is 1.57. The van der Waals surface area contributed by atoms with E-state index in [1.807, 2.05) is 43.3 Å². The highest BCUT2D eigenvalue weighted by molar-refractivity contribution is 7.99. The first kappa shape index (κ1) is 21.3. The number of hydrogen-bond donors (Lipinski definition) is 1. The van der Waals surface area contributed by atoms with Crippen molar-refractivity contribution >= 4 is 39.1 Å². The molecule has 0 fully saturated rings. The average Bonchev–Trinajstić information content (AvgIpc) is 2.78. The number of sulfonamides is 1. The number of rotatable bonds is 6. The van der Waals surface area contributed by atoms with Crippen molar-refractivity contribution in [2.75, 3.05) is 21.9 Å². The minimum absolute atomic E-state index is 0.0822. The fourth-order valence-corrected chi connectivity index (χ4v) is 5.75. The lowest BCUT2D eigenvalue weighted by atomic mass is 10.1. The van der Waals surface area contributed by atoms with E-state index in [2.05, 4.69) is 15.3 Å². The van der Waals surface area contributed by atoms with Crippen LogP contribution in [-0.2, 0) is 21.2 Å². The number of anilines is 2. The molecule has 0 bridgehead atoms. The first-order chi connectivity index (χ1) is 15.0. The minimum Gasteiger partial charge on any atom is -0.325 e. The predicted octanol–water partition coefficient (Wildman–Crippen LogP) is 3.97. The van der Waals surface area contributed by atoms with Crippen LogP contribution >= 0.6 is 11.8 Å². The molecule has 0 radical (unpaired) electrons. The van der Waals surface area contributed by atoms with Gasteiger partial charge in [-0.2, -0.15) is 0 Å². The lowest BCUT2D eigenvalue weighted by Gasteiger charge is -2.30. The van der Waals surface area contributed by atoms with Crippen molar-refractivity contribution < 1.29 is 13.2 Å². The number of nitrogens with zero attached hydrogens (tertiary/aromatic N) is 3. The molecule has 0 saturated carbocycles. The molecule has 1 amide bonds. The number of aromatic nitrogens is 2. The predicted molar refractivity (Wildman–Crippen MR) is 123 cm³/mol. The van der Waals surface area contributed by atoms with Gasteiger partial charge in [0.2, 0.25) is 5.91 Å². The zero-order valence-corrected chi connectivity index (χ0v) is 18.8. The molecule has 1 N–H and O–H groups in total. The quantitative estimate of drug-likeness (QED) is 0.448. The highest BCUT2D eigenvalue weighted by atomic mass is 32.2. The van der Waals surface area contributed by atoms with Gasteiger partial charge in [0, 0.05) is 17.8 Å². The number of carbonyl (C=O) groups excluding carboxylic acids is 1. The van der Waals surface area contributed by atoms with E-state index in [4.69, 9.17) is 0 Å². The topological polar surface area (TPSA) is 92.3 Å². The molecule has 0 saturated heterocycles. The third-order valence-electron chi connectivity index (χ3n) is 5.02.